The molecule has 3 heteroatoms. The molecule has 0 radical (unpaired) electrons. The number of nitrogens with one attached hydrogen (secondary N) is 1. The van der Waals surface area contributed by atoms with Crippen molar-refractivity contribution in [2.75, 3.05) is 12.4 Å². The van der Waals surface area contributed by atoms with Crippen LogP contribution < -0.4 is 5.32 Å². The molecular weight excluding hydrogens is 174 g/mol. The van der Waals surface area contributed by atoms with E-state index in [0.29, 0.717) is 0 Å². The van der Waals surface area contributed by atoms with E-state index in [1.807, 2.05) is 13.2 Å². The molecule has 2 bridgehead atoms. The van der Waals surface area contributed by atoms with Crippen LogP contribution in [0, 0.1) is 11.8 Å². The van der Waals surface area contributed by atoms with Gasteiger partial charge in [-0.15, -0.1) is 0 Å². The zero-order chi connectivity index (χ0) is 9.54. The lowest BCUT2D eigenvalue weighted by molar-refractivity contribution is 0.332. The molecule has 1 aromatic heterocycles. The predicted octanol–water partition coefficient (Wildman–Crippen LogP) is 2.29. The summed E-state index contributed by atoms with van der Waals surface area (Å²) in [4.78, 5) is 4.31. The summed E-state index contributed by atoms with van der Waals surface area (Å²) in [5.41, 5.74) is 0. The van der Waals surface area contributed by atoms with Gasteiger partial charge in [-0.3, -0.25) is 0 Å². The topological polar surface area (TPSA) is 29.9 Å². The first-order valence-electron chi connectivity index (χ1n) is 5.59. The van der Waals surface area contributed by atoms with Crippen molar-refractivity contribution in [2.45, 2.75) is 31.7 Å². The van der Waals surface area contributed by atoms with Gasteiger partial charge in [-0.1, -0.05) is 6.42 Å². The Labute approximate surface area is 84.5 Å². The number of hydrogen-bond donors (Lipinski definition) is 1. The van der Waals surface area contributed by atoms with E-state index in [9.17, 15) is 0 Å². The van der Waals surface area contributed by atoms with Gasteiger partial charge in [0.05, 0.1) is 0 Å². The van der Waals surface area contributed by atoms with E-state index < -0.39 is 0 Å². The van der Waals surface area contributed by atoms with Crippen LogP contribution in [0.4, 0.5) is 5.95 Å². The van der Waals surface area contributed by atoms with Crippen molar-refractivity contribution in [3.63, 3.8) is 0 Å². The van der Waals surface area contributed by atoms with Gasteiger partial charge in [-0.05, 0) is 31.1 Å². The van der Waals surface area contributed by atoms with Crippen LogP contribution in [0.3, 0.4) is 0 Å². The second kappa shape index (κ2) is 3.01. The molecule has 0 amide bonds. The third kappa shape index (κ3) is 1.08. The first-order valence-corrected chi connectivity index (χ1v) is 5.59. The minimum absolute atomic E-state index is 0.721. The van der Waals surface area contributed by atoms with E-state index in [0.717, 1.165) is 23.8 Å². The fourth-order valence-corrected chi connectivity index (χ4v) is 3.33. The fraction of sp³-hybridized carbons (Fsp3) is 0.727. The van der Waals surface area contributed by atoms with Gasteiger partial charge in [0.25, 0.3) is 0 Å². The normalized spacial score (nSPS) is 35.1. The molecule has 0 saturated heterocycles. The highest BCUT2D eigenvalue weighted by Crippen LogP contribution is 2.51. The van der Waals surface area contributed by atoms with Crippen LogP contribution in [0.5, 0.6) is 0 Å². The molecule has 1 heterocycles. The Morgan fingerprint density at radius 2 is 2.36 bits per heavy atom. The number of fused-ring (bicyclic) bond motifs is 2. The summed E-state index contributed by atoms with van der Waals surface area (Å²) in [6.07, 6.45) is 9.73. The van der Waals surface area contributed by atoms with Crippen molar-refractivity contribution in [2.24, 2.45) is 11.8 Å². The molecule has 2 fully saturated rings. The maximum Gasteiger partial charge on any atom is 0.202 e. The quantitative estimate of drug-likeness (QED) is 0.777. The minimum atomic E-state index is 0.721. The summed E-state index contributed by atoms with van der Waals surface area (Å²) in [5.74, 6) is 2.95. The Bertz CT molecular complexity index is 331. The highest BCUT2D eigenvalue weighted by atomic mass is 15.2. The van der Waals surface area contributed by atoms with Crippen LogP contribution in [0.2, 0.25) is 0 Å². The molecule has 2 aliphatic carbocycles. The summed E-state index contributed by atoms with van der Waals surface area (Å²) >= 11 is 0. The fourth-order valence-electron chi connectivity index (χ4n) is 3.33. The van der Waals surface area contributed by atoms with Gasteiger partial charge in [0.15, 0.2) is 0 Å². The van der Waals surface area contributed by atoms with E-state index in [2.05, 4.69) is 21.1 Å². The first kappa shape index (κ1) is 8.33. The molecule has 76 valence electrons. The Hall–Kier alpha value is -0.990. The van der Waals surface area contributed by atoms with Crippen molar-refractivity contribution in [1.29, 1.82) is 0 Å². The van der Waals surface area contributed by atoms with Gasteiger partial charge in [-0.2, -0.15) is 0 Å². The van der Waals surface area contributed by atoms with E-state index in [4.69, 9.17) is 0 Å². The van der Waals surface area contributed by atoms with Gasteiger partial charge in [0.2, 0.25) is 5.95 Å². The lowest BCUT2D eigenvalue weighted by Gasteiger charge is -2.24. The van der Waals surface area contributed by atoms with Gasteiger partial charge < -0.3 is 9.88 Å². The third-order valence-electron chi connectivity index (χ3n) is 3.95. The number of nitrogens with zero attached hydrogens (tertiary/aromatic N) is 2. The summed E-state index contributed by atoms with van der Waals surface area (Å²) in [6, 6.07) is 0.721. The maximum atomic E-state index is 4.31. The molecule has 3 rings (SSSR count). The highest BCUT2D eigenvalue weighted by Gasteiger charge is 2.40. The van der Waals surface area contributed by atoms with E-state index >= 15 is 0 Å². The molecule has 1 N–H and O–H groups in total. The average Bonchev–Trinajstić information content (AvgIpc) is 2.92. The monoisotopic (exact) mass is 191 g/mol. The highest BCUT2D eigenvalue weighted by molar-refractivity contribution is 5.26. The Morgan fingerprint density at radius 1 is 1.43 bits per heavy atom. The molecule has 2 saturated carbocycles. The molecule has 0 aromatic carbocycles. The van der Waals surface area contributed by atoms with Gasteiger partial charge >= 0.3 is 0 Å². The van der Waals surface area contributed by atoms with Crippen LogP contribution in [-0.4, -0.2) is 16.6 Å². The van der Waals surface area contributed by atoms with Crippen LogP contribution >= 0.6 is 0 Å². The summed E-state index contributed by atoms with van der Waals surface area (Å²) in [6.45, 7) is 0. The van der Waals surface area contributed by atoms with Gasteiger partial charge in [0.1, 0.15) is 0 Å². The molecular formula is C11H17N3. The summed E-state index contributed by atoms with van der Waals surface area (Å²) < 4.78 is 2.34. The molecule has 14 heavy (non-hydrogen) atoms. The molecule has 0 aliphatic heterocycles. The SMILES string of the molecule is CNc1nccn1C1CC2CCC1C2. The second-order valence-electron chi connectivity index (χ2n) is 4.65. The van der Waals surface area contributed by atoms with Crippen molar-refractivity contribution in [3.8, 4) is 0 Å². The molecule has 3 nitrogen and oxygen atoms in total. The van der Waals surface area contributed by atoms with Crippen LogP contribution in [0.25, 0.3) is 0 Å². The predicted molar refractivity (Wildman–Crippen MR) is 56.3 cm³/mol. The Morgan fingerprint density at radius 3 is 3.00 bits per heavy atom. The van der Waals surface area contributed by atoms with Crippen LogP contribution in [-0.2, 0) is 0 Å². The minimum Gasteiger partial charge on any atom is -0.359 e. The Kier molecular flexibility index (Phi) is 1.79. The van der Waals surface area contributed by atoms with Gasteiger partial charge in [-0.25, -0.2) is 4.98 Å². The average molecular weight is 191 g/mol. The van der Waals surface area contributed by atoms with E-state index in [1.54, 1.807) is 0 Å². The number of hydrogen-bond acceptors (Lipinski definition) is 2. The molecule has 1 aromatic rings. The maximum absolute atomic E-state index is 4.31. The first-order chi connectivity index (χ1) is 6.88. The molecule has 3 unspecified atom stereocenters. The summed E-state index contributed by atoms with van der Waals surface area (Å²) in [7, 11) is 1.95. The standard InChI is InChI=1S/C11H17N3/c1-12-11-13-4-5-14(11)10-7-8-2-3-9(10)6-8/h4-5,8-10H,2-3,6-7H2,1H3,(H,12,13). The van der Waals surface area contributed by atoms with Crippen LogP contribution in [0.1, 0.15) is 31.7 Å². The zero-order valence-electron chi connectivity index (χ0n) is 8.61. The van der Waals surface area contributed by atoms with Crippen molar-refractivity contribution >= 4 is 5.95 Å². The van der Waals surface area contributed by atoms with Crippen molar-refractivity contribution in [1.82, 2.24) is 9.55 Å². The Balaban J connectivity index is 1.89. The van der Waals surface area contributed by atoms with E-state index in [1.165, 1.54) is 25.7 Å². The number of anilines is 1. The molecule has 3 atom stereocenters. The number of aromatic nitrogens is 2. The number of rotatable bonds is 2. The molecule has 2 aliphatic rings. The van der Waals surface area contributed by atoms with E-state index in [-0.39, 0.29) is 0 Å². The summed E-state index contributed by atoms with van der Waals surface area (Å²) in [5, 5.41) is 3.16. The lowest BCUT2D eigenvalue weighted by Crippen LogP contribution is -2.17. The zero-order valence-corrected chi connectivity index (χ0v) is 8.61. The van der Waals surface area contributed by atoms with Gasteiger partial charge in [0, 0.05) is 25.5 Å². The third-order valence-corrected chi connectivity index (χ3v) is 3.95. The van der Waals surface area contributed by atoms with Crippen molar-refractivity contribution in [3.05, 3.63) is 12.4 Å². The van der Waals surface area contributed by atoms with Crippen molar-refractivity contribution < 1.29 is 0 Å². The largest absolute Gasteiger partial charge is 0.359 e. The second-order valence-corrected chi connectivity index (χ2v) is 4.65. The lowest BCUT2D eigenvalue weighted by atomic mass is 9.95. The smallest absolute Gasteiger partial charge is 0.202 e. The molecule has 0 spiro atoms. The number of imidazole rings is 1. The van der Waals surface area contributed by atoms with Crippen LogP contribution in [0.15, 0.2) is 12.4 Å².